The zero-order chi connectivity index (χ0) is 15.1. The molecular formula is C15H22FNO3. The summed E-state index contributed by atoms with van der Waals surface area (Å²) in [5.41, 5.74) is 0.835. The van der Waals surface area contributed by atoms with Crippen molar-refractivity contribution in [1.29, 1.82) is 0 Å². The van der Waals surface area contributed by atoms with Crippen LogP contribution in [0.5, 0.6) is 5.75 Å². The summed E-state index contributed by atoms with van der Waals surface area (Å²) in [6, 6.07) is 4.78. The lowest BCUT2D eigenvalue weighted by atomic mass is 10.1. The van der Waals surface area contributed by atoms with E-state index < -0.39 is 11.8 Å². The monoisotopic (exact) mass is 283 g/mol. The summed E-state index contributed by atoms with van der Waals surface area (Å²) in [5.74, 6) is -0.938. The Bertz CT molecular complexity index is 449. The Kier molecular flexibility index (Phi) is 6.45. The van der Waals surface area contributed by atoms with Crippen molar-refractivity contribution < 1.29 is 18.7 Å². The first-order valence-corrected chi connectivity index (χ1v) is 6.79. The van der Waals surface area contributed by atoms with Gasteiger partial charge in [-0.3, -0.25) is 0 Å². The number of nitrogens with one attached hydrogen (secondary N) is 1. The number of carbonyl (C=O) groups excluding carboxylic acids is 1. The van der Waals surface area contributed by atoms with Crippen molar-refractivity contribution in [1.82, 2.24) is 5.32 Å². The maximum Gasteiger partial charge on any atom is 0.344 e. The molecule has 1 N–H and O–H groups in total. The van der Waals surface area contributed by atoms with Gasteiger partial charge in [-0.15, -0.1) is 0 Å². The molecule has 0 aliphatic heterocycles. The van der Waals surface area contributed by atoms with Gasteiger partial charge in [0.2, 0.25) is 0 Å². The van der Waals surface area contributed by atoms with Gasteiger partial charge < -0.3 is 14.8 Å². The van der Waals surface area contributed by atoms with Crippen LogP contribution >= 0.6 is 0 Å². The molecular weight excluding hydrogens is 261 g/mol. The van der Waals surface area contributed by atoms with Gasteiger partial charge in [0.1, 0.15) is 0 Å². The third-order valence-corrected chi connectivity index (χ3v) is 2.68. The molecule has 1 aromatic carbocycles. The molecule has 1 aromatic rings. The van der Waals surface area contributed by atoms with Gasteiger partial charge in [-0.05, 0) is 45.0 Å². The van der Waals surface area contributed by atoms with Gasteiger partial charge in [-0.2, -0.15) is 0 Å². The average Bonchev–Trinajstić information content (AvgIpc) is 2.36. The Balaban J connectivity index is 2.62. The minimum Gasteiger partial charge on any atom is -0.479 e. The fourth-order valence-corrected chi connectivity index (χ4v) is 1.76. The lowest BCUT2D eigenvalue weighted by Gasteiger charge is -2.14. The van der Waals surface area contributed by atoms with Crippen LogP contribution in [-0.2, 0) is 9.53 Å². The van der Waals surface area contributed by atoms with Crippen molar-refractivity contribution in [2.75, 3.05) is 13.2 Å². The molecule has 0 aromatic heterocycles. The molecule has 0 fully saturated rings. The Morgan fingerprint density at radius 1 is 1.35 bits per heavy atom. The normalized spacial score (nSPS) is 12.3. The summed E-state index contributed by atoms with van der Waals surface area (Å²) in [6.07, 6.45) is -0.209. The molecule has 5 heteroatoms. The number of esters is 1. The third kappa shape index (κ3) is 5.17. The average molecular weight is 283 g/mol. The zero-order valence-electron chi connectivity index (χ0n) is 12.4. The van der Waals surface area contributed by atoms with Crippen LogP contribution < -0.4 is 10.1 Å². The maximum absolute atomic E-state index is 13.9. The highest BCUT2D eigenvalue weighted by Crippen LogP contribution is 2.22. The van der Waals surface area contributed by atoms with Crippen LogP contribution in [0.25, 0.3) is 0 Å². The van der Waals surface area contributed by atoms with Gasteiger partial charge in [-0.1, -0.05) is 13.0 Å². The minimum atomic E-state index is -0.510. The van der Waals surface area contributed by atoms with Crippen LogP contribution in [-0.4, -0.2) is 25.2 Å². The molecule has 0 aliphatic rings. The van der Waals surface area contributed by atoms with E-state index in [1.165, 1.54) is 12.1 Å². The van der Waals surface area contributed by atoms with Crippen LogP contribution in [0.4, 0.5) is 4.39 Å². The molecule has 0 aliphatic carbocycles. The SMILES string of the molecule is CCNC(C)c1ccc(OCC(=O)OC(C)C)c(F)c1. The molecule has 1 unspecified atom stereocenters. The highest BCUT2D eigenvalue weighted by molar-refractivity contribution is 5.71. The Morgan fingerprint density at radius 3 is 2.60 bits per heavy atom. The lowest BCUT2D eigenvalue weighted by molar-refractivity contribution is -0.149. The minimum absolute atomic E-state index is 0.0538. The molecule has 0 heterocycles. The first-order chi connectivity index (χ1) is 9.43. The van der Waals surface area contributed by atoms with Crippen molar-refractivity contribution >= 4 is 5.97 Å². The van der Waals surface area contributed by atoms with Gasteiger partial charge in [0, 0.05) is 6.04 Å². The predicted molar refractivity (Wildman–Crippen MR) is 75.2 cm³/mol. The van der Waals surface area contributed by atoms with Crippen LogP contribution in [0.15, 0.2) is 18.2 Å². The van der Waals surface area contributed by atoms with Crippen molar-refractivity contribution in [3.05, 3.63) is 29.6 Å². The first-order valence-electron chi connectivity index (χ1n) is 6.79. The van der Waals surface area contributed by atoms with Crippen LogP contribution in [0.1, 0.15) is 39.3 Å². The molecule has 112 valence electrons. The van der Waals surface area contributed by atoms with Gasteiger partial charge in [0.25, 0.3) is 0 Å². The predicted octanol–water partition coefficient (Wildman–Crippen LogP) is 2.83. The van der Waals surface area contributed by atoms with E-state index in [-0.39, 0.29) is 24.5 Å². The summed E-state index contributed by atoms with van der Waals surface area (Å²) >= 11 is 0. The van der Waals surface area contributed by atoms with Crippen molar-refractivity contribution in [2.24, 2.45) is 0 Å². The summed E-state index contributed by atoms with van der Waals surface area (Å²) in [4.78, 5) is 11.3. The van der Waals surface area contributed by atoms with Crippen LogP contribution in [0.3, 0.4) is 0 Å². The first kappa shape index (κ1) is 16.4. The molecule has 20 heavy (non-hydrogen) atoms. The number of hydrogen-bond donors (Lipinski definition) is 1. The number of rotatable bonds is 7. The molecule has 4 nitrogen and oxygen atoms in total. The molecule has 0 radical (unpaired) electrons. The standard InChI is InChI=1S/C15H22FNO3/c1-5-17-11(4)12-6-7-14(13(16)8-12)19-9-15(18)20-10(2)3/h6-8,10-11,17H,5,9H2,1-4H3. The third-order valence-electron chi connectivity index (χ3n) is 2.68. The van der Waals surface area contributed by atoms with Crippen molar-refractivity contribution in [3.8, 4) is 5.75 Å². The maximum atomic E-state index is 13.9. The fraction of sp³-hybridized carbons (Fsp3) is 0.533. The van der Waals surface area contributed by atoms with Crippen molar-refractivity contribution in [3.63, 3.8) is 0 Å². The number of benzene rings is 1. The molecule has 0 amide bonds. The second kappa shape index (κ2) is 7.85. The molecule has 0 bridgehead atoms. The second-order valence-electron chi connectivity index (χ2n) is 4.80. The number of hydrogen-bond acceptors (Lipinski definition) is 4. The van der Waals surface area contributed by atoms with E-state index in [1.54, 1.807) is 19.9 Å². The summed E-state index contributed by atoms with van der Waals surface area (Å²) in [5, 5.41) is 3.20. The molecule has 1 rings (SSSR count). The molecule has 0 saturated heterocycles. The van der Waals surface area contributed by atoms with Crippen LogP contribution in [0, 0.1) is 5.82 Å². The highest BCUT2D eigenvalue weighted by Gasteiger charge is 2.12. The number of halogens is 1. The number of ether oxygens (including phenoxy) is 2. The highest BCUT2D eigenvalue weighted by atomic mass is 19.1. The summed E-state index contributed by atoms with van der Waals surface area (Å²) in [7, 11) is 0. The van der Waals surface area contributed by atoms with Crippen molar-refractivity contribution in [2.45, 2.75) is 39.8 Å². The van der Waals surface area contributed by atoms with E-state index in [0.29, 0.717) is 0 Å². The Labute approximate surface area is 119 Å². The quantitative estimate of drug-likeness (QED) is 0.782. The van der Waals surface area contributed by atoms with Gasteiger partial charge >= 0.3 is 5.97 Å². The number of carbonyl (C=O) groups is 1. The fourth-order valence-electron chi connectivity index (χ4n) is 1.76. The van der Waals surface area contributed by atoms with Gasteiger partial charge in [-0.25, -0.2) is 9.18 Å². The Morgan fingerprint density at radius 2 is 2.05 bits per heavy atom. The van der Waals surface area contributed by atoms with E-state index in [4.69, 9.17) is 9.47 Å². The molecule has 0 spiro atoms. The Hall–Kier alpha value is -1.62. The van der Waals surface area contributed by atoms with Gasteiger partial charge in [0.05, 0.1) is 6.10 Å². The topological polar surface area (TPSA) is 47.6 Å². The lowest BCUT2D eigenvalue weighted by Crippen LogP contribution is -2.19. The smallest absolute Gasteiger partial charge is 0.344 e. The van der Waals surface area contributed by atoms with E-state index in [0.717, 1.165) is 12.1 Å². The van der Waals surface area contributed by atoms with E-state index in [1.807, 2.05) is 13.8 Å². The van der Waals surface area contributed by atoms with Gasteiger partial charge in [0.15, 0.2) is 18.2 Å². The van der Waals surface area contributed by atoms with Crippen LogP contribution in [0.2, 0.25) is 0 Å². The van der Waals surface area contributed by atoms with E-state index >= 15 is 0 Å². The second-order valence-corrected chi connectivity index (χ2v) is 4.80. The largest absolute Gasteiger partial charge is 0.479 e. The van der Waals surface area contributed by atoms with E-state index in [9.17, 15) is 9.18 Å². The zero-order valence-corrected chi connectivity index (χ0v) is 12.4. The summed E-state index contributed by atoms with van der Waals surface area (Å²) in [6.45, 7) is 7.95. The molecule has 1 atom stereocenters. The molecule has 0 saturated carbocycles. The van der Waals surface area contributed by atoms with E-state index in [2.05, 4.69) is 5.32 Å². The summed E-state index contributed by atoms with van der Waals surface area (Å²) < 4.78 is 23.9.